The molecule has 0 aliphatic rings. The summed E-state index contributed by atoms with van der Waals surface area (Å²) in [7, 11) is 3.18. The number of carbonyl (C=O) groups is 1. The molecule has 4 rings (SSSR count). The van der Waals surface area contributed by atoms with E-state index in [0.29, 0.717) is 41.0 Å². The molecule has 1 heterocycles. The van der Waals surface area contributed by atoms with E-state index in [1.54, 1.807) is 43.4 Å². The first-order valence-electron chi connectivity index (χ1n) is 11.0. The molecule has 0 saturated heterocycles. The third-order valence-electron chi connectivity index (χ3n) is 5.34. The minimum absolute atomic E-state index is 0.124. The molecular weight excluding hydrogens is 467 g/mol. The van der Waals surface area contributed by atoms with E-state index < -0.39 is 0 Å². The van der Waals surface area contributed by atoms with Crippen molar-refractivity contribution in [3.8, 4) is 28.5 Å². The molecule has 0 N–H and O–H groups in total. The molecule has 0 aliphatic carbocycles. The molecule has 0 spiro atoms. The number of nitrogens with zero attached hydrogens (tertiary/aromatic N) is 2. The maximum atomic E-state index is 13.3. The molecule has 6 nitrogen and oxygen atoms in total. The lowest BCUT2D eigenvalue weighted by Gasteiger charge is -2.20. The van der Waals surface area contributed by atoms with Gasteiger partial charge in [-0.05, 0) is 60.5 Å². The number of thiazole rings is 1. The van der Waals surface area contributed by atoms with Crippen LogP contribution in [-0.4, -0.2) is 38.3 Å². The molecule has 0 saturated carbocycles. The van der Waals surface area contributed by atoms with E-state index >= 15 is 0 Å². The van der Waals surface area contributed by atoms with Crippen LogP contribution in [0.2, 0.25) is 0 Å². The van der Waals surface area contributed by atoms with Crippen LogP contribution >= 0.6 is 11.3 Å². The number of rotatable bonds is 10. The molecule has 4 aromatic rings. The van der Waals surface area contributed by atoms with Crippen LogP contribution in [0.25, 0.3) is 11.3 Å². The number of carbonyl (C=O) groups excluding carboxylic acids is 1. The fourth-order valence-corrected chi connectivity index (χ4v) is 4.36. The fraction of sp³-hybridized carbons (Fsp3) is 0.185. The zero-order chi connectivity index (χ0) is 24.6. The topological polar surface area (TPSA) is 60.9 Å². The van der Waals surface area contributed by atoms with Gasteiger partial charge in [-0.15, -0.1) is 11.3 Å². The molecule has 8 heteroatoms. The second-order valence-electron chi connectivity index (χ2n) is 7.61. The van der Waals surface area contributed by atoms with Gasteiger partial charge in [0.2, 0.25) is 0 Å². The third kappa shape index (κ3) is 6.16. The Bertz CT molecular complexity index is 1260. The third-order valence-corrected chi connectivity index (χ3v) is 6.21. The summed E-state index contributed by atoms with van der Waals surface area (Å²) in [4.78, 5) is 19.5. The molecule has 0 radical (unpaired) electrons. The second kappa shape index (κ2) is 11.5. The number of methoxy groups -OCH3 is 2. The lowest BCUT2D eigenvalue weighted by atomic mass is 10.1. The van der Waals surface area contributed by atoms with E-state index in [-0.39, 0.29) is 18.3 Å². The Morgan fingerprint density at radius 1 is 0.971 bits per heavy atom. The first kappa shape index (κ1) is 24.2. The zero-order valence-electron chi connectivity index (χ0n) is 19.4. The Morgan fingerprint density at radius 3 is 2.43 bits per heavy atom. The summed E-state index contributed by atoms with van der Waals surface area (Å²) in [5.41, 5.74) is 2.44. The van der Waals surface area contributed by atoms with Crippen LogP contribution in [-0.2, 0) is 11.2 Å². The van der Waals surface area contributed by atoms with Crippen LogP contribution in [0.5, 0.6) is 17.2 Å². The SMILES string of the molecule is COc1ccc(CCN(C(=O)COc2ccccc2)c2nc(-c3ccc(F)cc3)cs2)cc1OC. The molecule has 35 heavy (non-hydrogen) atoms. The van der Waals surface area contributed by atoms with Gasteiger partial charge in [0.15, 0.2) is 23.2 Å². The normalized spacial score (nSPS) is 10.6. The maximum Gasteiger partial charge on any atom is 0.266 e. The molecule has 3 aromatic carbocycles. The van der Waals surface area contributed by atoms with Gasteiger partial charge < -0.3 is 14.2 Å². The van der Waals surface area contributed by atoms with E-state index in [1.807, 2.05) is 41.8 Å². The van der Waals surface area contributed by atoms with Gasteiger partial charge in [-0.25, -0.2) is 9.37 Å². The first-order valence-corrected chi connectivity index (χ1v) is 11.9. The molecule has 0 fully saturated rings. The Labute approximate surface area is 207 Å². The molecular formula is C27H25FN2O4S. The molecule has 0 atom stereocenters. The van der Waals surface area contributed by atoms with Crippen LogP contribution in [0, 0.1) is 5.82 Å². The Morgan fingerprint density at radius 2 is 1.71 bits per heavy atom. The molecule has 0 bridgehead atoms. The van der Waals surface area contributed by atoms with Crippen molar-refractivity contribution in [1.82, 2.24) is 4.98 Å². The highest BCUT2D eigenvalue weighted by atomic mass is 32.1. The first-order chi connectivity index (χ1) is 17.1. The Hall–Kier alpha value is -3.91. The number of hydrogen-bond acceptors (Lipinski definition) is 6. The number of ether oxygens (including phenoxy) is 3. The van der Waals surface area contributed by atoms with E-state index in [9.17, 15) is 9.18 Å². The lowest BCUT2D eigenvalue weighted by molar-refractivity contribution is -0.120. The number of hydrogen-bond donors (Lipinski definition) is 0. The van der Waals surface area contributed by atoms with Gasteiger partial charge in [0.05, 0.1) is 19.9 Å². The number of aromatic nitrogens is 1. The van der Waals surface area contributed by atoms with Crippen LogP contribution in [0.1, 0.15) is 5.56 Å². The van der Waals surface area contributed by atoms with Gasteiger partial charge in [0.1, 0.15) is 11.6 Å². The summed E-state index contributed by atoms with van der Waals surface area (Å²) in [6, 6.07) is 21.0. The molecule has 1 amide bonds. The average Bonchev–Trinajstić information content (AvgIpc) is 3.38. The number of para-hydroxylation sites is 1. The van der Waals surface area contributed by atoms with E-state index in [0.717, 1.165) is 11.1 Å². The standard InChI is InChI=1S/C27H25FN2O4S/c1-32-24-13-8-19(16-25(24)33-2)14-15-30(26(31)17-34-22-6-4-3-5-7-22)27-29-23(18-35-27)20-9-11-21(28)12-10-20/h3-13,16,18H,14-15,17H2,1-2H3. The van der Waals surface area contributed by atoms with Crippen molar-refractivity contribution in [1.29, 1.82) is 0 Å². The van der Waals surface area contributed by atoms with Gasteiger partial charge in [-0.2, -0.15) is 0 Å². The summed E-state index contributed by atoms with van der Waals surface area (Å²) in [6.45, 7) is 0.268. The van der Waals surface area contributed by atoms with Gasteiger partial charge in [0.25, 0.3) is 5.91 Å². The lowest BCUT2D eigenvalue weighted by Crippen LogP contribution is -2.36. The highest BCUT2D eigenvalue weighted by Crippen LogP contribution is 2.30. The van der Waals surface area contributed by atoms with Crippen molar-refractivity contribution in [2.24, 2.45) is 0 Å². The van der Waals surface area contributed by atoms with Crippen molar-refractivity contribution < 1.29 is 23.4 Å². The van der Waals surface area contributed by atoms with Crippen LogP contribution in [0.3, 0.4) is 0 Å². The van der Waals surface area contributed by atoms with Crippen molar-refractivity contribution in [3.05, 3.63) is 89.6 Å². The number of amides is 1. The van der Waals surface area contributed by atoms with E-state index in [4.69, 9.17) is 14.2 Å². The molecule has 180 valence electrons. The summed E-state index contributed by atoms with van der Waals surface area (Å²) in [6.07, 6.45) is 0.572. The molecule has 1 aromatic heterocycles. The van der Waals surface area contributed by atoms with Crippen molar-refractivity contribution in [3.63, 3.8) is 0 Å². The highest BCUT2D eigenvalue weighted by molar-refractivity contribution is 7.14. The predicted molar refractivity (Wildman–Crippen MR) is 135 cm³/mol. The average molecular weight is 493 g/mol. The summed E-state index contributed by atoms with van der Waals surface area (Å²) >= 11 is 1.36. The van der Waals surface area contributed by atoms with Crippen LogP contribution in [0.15, 0.2) is 78.2 Å². The minimum atomic E-state index is -0.311. The van der Waals surface area contributed by atoms with E-state index in [1.165, 1.54) is 23.5 Å². The highest BCUT2D eigenvalue weighted by Gasteiger charge is 2.21. The van der Waals surface area contributed by atoms with Crippen molar-refractivity contribution in [2.45, 2.75) is 6.42 Å². The quantitative estimate of drug-likeness (QED) is 0.288. The van der Waals surface area contributed by atoms with Gasteiger partial charge in [-0.1, -0.05) is 24.3 Å². The monoisotopic (exact) mass is 492 g/mol. The van der Waals surface area contributed by atoms with Crippen molar-refractivity contribution >= 4 is 22.4 Å². The smallest absolute Gasteiger partial charge is 0.266 e. The van der Waals surface area contributed by atoms with Crippen molar-refractivity contribution in [2.75, 3.05) is 32.3 Å². The maximum absolute atomic E-state index is 13.3. The Kier molecular flexibility index (Phi) is 7.95. The van der Waals surface area contributed by atoms with Crippen LogP contribution < -0.4 is 19.1 Å². The Balaban J connectivity index is 1.54. The summed E-state index contributed by atoms with van der Waals surface area (Å²) < 4.78 is 29.7. The van der Waals surface area contributed by atoms with Gasteiger partial charge in [0, 0.05) is 17.5 Å². The van der Waals surface area contributed by atoms with Crippen LogP contribution in [0.4, 0.5) is 9.52 Å². The molecule has 0 unspecified atom stereocenters. The number of halogens is 1. The minimum Gasteiger partial charge on any atom is -0.493 e. The summed E-state index contributed by atoms with van der Waals surface area (Å²) in [5.74, 6) is 1.36. The second-order valence-corrected chi connectivity index (χ2v) is 8.45. The number of anilines is 1. The van der Waals surface area contributed by atoms with Gasteiger partial charge >= 0.3 is 0 Å². The predicted octanol–water partition coefficient (Wildman–Crippen LogP) is 5.62. The summed E-state index contributed by atoms with van der Waals surface area (Å²) in [5, 5.41) is 2.41. The number of benzene rings is 3. The van der Waals surface area contributed by atoms with Gasteiger partial charge in [-0.3, -0.25) is 9.69 Å². The largest absolute Gasteiger partial charge is 0.493 e. The van der Waals surface area contributed by atoms with E-state index in [2.05, 4.69) is 4.98 Å². The molecule has 0 aliphatic heterocycles. The fourth-order valence-electron chi connectivity index (χ4n) is 3.49. The zero-order valence-corrected chi connectivity index (χ0v) is 20.3.